The van der Waals surface area contributed by atoms with Gasteiger partial charge in [-0.3, -0.25) is 52.7 Å². The smallest absolute Gasteiger partial charge is 0.222 e. The van der Waals surface area contributed by atoms with Crippen molar-refractivity contribution in [3.63, 3.8) is 0 Å². The molecule has 40 nitrogen and oxygen atoms in total. The number of aliphatic hydroxyl groups excluding tert-OH is 9. The Kier molecular flexibility index (Phi) is 47.9. The third-order valence-electron chi connectivity index (χ3n) is 17.0. The molecule has 3 heterocycles. The van der Waals surface area contributed by atoms with E-state index in [9.17, 15) is 98.7 Å². The van der Waals surface area contributed by atoms with Crippen molar-refractivity contribution in [3.05, 3.63) is 0 Å². The van der Waals surface area contributed by atoms with Gasteiger partial charge in [-0.2, -0.15) is 0 Å². The summed E-state index contributed by atoms with van der Waals surface area (Å²) < 4.78 is 51.7. The molecule has 3 saturated heterocycles. The van der Waals surface area contributed by atoms with Gasteiger partial charge in [-0.25, -0.2) is 0 Å². The Bertz CT molecular complexity index is 2420. The van der Waals surface area contributed by atoms with E-state index in [0.29, 0.717) is 57.8 Å². The summed E-state index contributed by atoms with van der Waals surface area (Å²) in [6.07, 6.45) is -12.1. The van der Waals surface area contributed by atoms with E-state index < -0.39 is 159 Å². The first-order valence-electron chi connectivity index (χ1n) is 36.6. The SMILES string of the molecule is CNC(=O)CCCC(=O)NC(COCCC(=O)NCCCNC(=O)CCCCO[C@@H]1OC(CO)[C@H](O)C(O)[C@@H]1NC(C)=O)(COCCC(=O)NCCCNC(=O)CCCCO[C@@H]1OC(CO)[C@H](O)C(O)[C@@H]1NC(C)=O)COCCC(=O)NCCCNC(=O)CCCCO[C@@H]1OC(CO)[C@H](O)C(O)[C@@H]1NC(C)=O. The van der Waals surface area contributed by atoms with Gasteiger partial charge in [-0.1, -0.05) is 0 Å². The zero-order chi connectivity index (χ0) is 79.1. The minimum Gasteiger partial charge on any atom is -0.394 e. The third-order valence-corrected chi connectivity index (χ3v) is 17.0. The lowest BCUT2D eigenvalue weighted by atomic mass is 9.97. The zero-order valence-corrected chi connectivity index (χ0v) is 61.8. The maximum atomic E-state index is 13.6. The molecule has 0 aromatic carbocycles. The second-order valence-corrected chi connectivity index (χ2v) is 26.2. The molecule has 11 amide bonds. The lowest BCUT2D eigenvalue weighted by molar-refractivity contribution is -0.270. The summed E-state index contributed by atoms with van der Waals surface area (Å²) in [5.41, 5.74) is -1.48. The van der Waals surface area contributed by atoms with Crippen LogP contribution < -0.4 is 58.5 Å². The molecule has 3 fully saturated rings. The Balaban J connectivity index is 1.50. The molecule has 0 bridgehead atoms. The van der Waals surface area contributed by atoms with Crippen LogP contribution in [0, 0.1) is 0 Å². The predicted molar refractivity (Wildman–Crippen MR) is 373 cm³/mol. The van der Waals surface area contributed by atoms with Gasteiger partial charge in [0.05, 0.1) is 59.5 Å². The average Bonchev–Trinajstić information content (AvgIpc) is 0.822. The largest absolute Gasteiger partial charge is 0.394 e. The molecule has 0 aliphatic carbocycles. The molecule has 40 heteroatoms. The highest BCUT2D eigenvalue weighted by Gasteiger charge is 2.48. The van der Waals surface area contributed by atoms with E-state index in [-0.39, 0.29) is 180 Å². The molecule has 6 unspecified atom stereocenters. The van der Waals surface area contributed by atoms with Crippen LogP contribution in [0.4, 0.5) is 0 Å². The van der Waals surface area contributed by atoms with Gasteiger partial charge < -0.3 is 147 Å². The summed E-state index contributed by atoms with van der Waals surface area (Å²) in [5.74, 6) is -4.27. The maximum absolute atomic E-state index is 13.6. The normalized spacial score (nSPS) is 24.7. The number of ether oxygens (including phenoxy) is 9. The molecular formula is C67H119N11O29. The van der Waals surface area contributed by atoms with Gasteiger partial charge in [-0.05, 0) is 64.2 Å². The maximum Gasteiger partial charge on any atom is 0.222 e. The monoisotopic (exact) mass is 1540 g/mol. The number of nitrogens with one attached hydrogen (secondary N) is 11. The summed E-state index contributed by atoms with van der Waals surface area (Å²) in [4.78, 5) is 137. The number of hydrogen-bond donors (Lipinski definition) is 20. The van der Waals surface area contributed by atoms with Crippen molar-refractivity contribution in [1.82, 2.24) is 58.5 Å². The summed E-state index contributed by atoms with van der Waals surface area (Å²) >= 11 is 0. The summed E-state index contributed by atoms with van der Waals surface area (Å²) in [6, 6.07) is -3.29. The van der Waals surface area contributed by atoms with Crippen molar-refractivity contribution < 1.29 is 141 Å². The Morgan fingerprint density at radius 1 is 0.327 bits per heavy atom. The van der Waals surface area contributed by atoms with Crippen molar-refractivity contribution >= 4 is 65.0 Å². The van der Waals surface area contributed by atoms with Crippen LogP contribution in [-0.2, 0) is 95.4 Å². The number of rotatable bonds is 56. The molecule has 107 heavy (non-hydrogen) atoms. The lowest BCUT2D eigenvalue weighted by Crippen LogP contribution is -2.64. The van der Waals surface area contributed by atoms with E-state index >= 15 is 0 Å². The van der Waals surface area contributed by atoms with Crippen LogP contribution in [0.25, 0.3) is 0 Å². The fraction of sp³-hybridized carbons (Fsp3) is 0.836. The van der Waals surface area contributed by atoms with Gasteiger partial charge in [0.25, 0.3) is 0 Å². The minimum atomic E-state index is -1.48. The first kappa shape index (κ1) is 94.7. The summed E-state index contributed by atoms with van der Waals surface area (Å²) in [6.45, 7) is 2.04. The van der Waals surface area contributed by atoms with E-state index in [2.05, 4.69) is 58.5 Å². The highest BCUT2D eigenvalue weighted by atomic mass is 16.7. The Labute approximate surface area is 622 Å². The quantitative estimate of drug-likeness (QED) is 0.0252. The number of amides is 11. The zero-order valence-electron chi connectivity index (χ0n) is 61.8. The molecule has 0 spiro atoms. The number of carbonyl (C=O) groups excluding carboxylic acids is 11. The second kappa shape index (κ2) is 54.1. The molecular weight excluding hydrogens is 1420 g/mol. The molecule has 15 atom stereocenters. The molecule has 0 aromatic rings. The molecule has 3 aliphatic rings. The Morgan fingerprint density at radius 3 is 0.850 bits per heavy atom. The summed E-state index contributed by atoms with van der Waals surface area (Å²) in [5, 5.41) is 120. The van der Waals surface area contributed by atoms with E-state index in [1.54, 1.807) is 0 Å². The van der Waals surface area contributed by atoms with Gasteiger partial charge in [0, 0.05) is 138 Å². The standard InChI is InChI=1S/C67H119N11O29/c1-41(82)75-55-61(96)58(93)44(35-79)105-64(55)102-29-8-5-15-48(86)69-23-12-26-72-51(89)20-32-99-38-67(78-54(92)19-11-18-47(85)68-4,39-100-33-21-52(90)73-27-13-24-70-49(87)16-6-9-30-103-65-56(76-42(2)83)62(97)59(94)45(36-80)106-65)40-101-34-22-53(91)74-28-14-25-71-50(88)17-7-10-31-104-66-57(77-43(3)84)63(98)60(95)46(37-81)107-66/h44-46,55-66,79-81,93-98H,5-40H2,1-4H3,(H,68,85)(H,69,86)(H,70,87)(H,71,88)(H,72,89)(H,73,90)(H,74,91)(H,75,82)(H,76,83)(H,77,84)(H,78,92)/t44?,45?,46?,55-,56-,57-,58-,59-,60-,61?,62?,63?,64+,65+,66+,67?/m0/s1. The van der Waals surface area contributed by atoms with Crippen molar-refractivity contribution in [2.45, 2.75) is 234 Å². The van der Waals surface area contributed by atoms with Gasteiger partial charge in [-0.15, -0.1) is 0 Å². The van der Waals surface area contributed by atoms with Crippen LogP contribution in [0.5, 0.6) is 0 Å². The van der Waals surface area contributed by atoms with Crippen molar-refractivity contribution in [3.8, 4) is 0 Å². The number of unbranched alkanes of at least 4 members (excludes halogenated alkanes) is 3. The van der Waals surface area contributed by atoms with Crippen LogP contribution in [-0.4, -0.2) is 334 Å². The Morgan fingerprint density at radius 2 is 0.589 bits per heavy atom. The minimum absolute atomic E-state index is 0.0378. The molecule has 616 valence electrons. The number of hydrogen-bond acceptors (Lipinski definition) is 29. The molecule has 0 aromatic heterocycles. The van der Waals surface area contributed by atoms with Gasteiger partial charge >= 0.3 is 0 Å². The molecule has 3 aliphatic heterocycles. The fourth-order valence-electron chi connectivity index (χ4n) is 11.2. The van der Waals surface area contributed by atoms with Crippen LogP contribution in [0.3, 0.4) is 0 Å². The van der Waals surface area contributed by atoms with Gasteiger partial charge in [0.2, 0.25) is 65.0 Å². The van der Waals surface area contributed by atoms with Crippen LogP contribution in [0.15, 0.2) is 0 Å². The van der Waals surface area contributed by atoms with E-state index in [4.69, 9.17) is 42.6 Å². The second-order valence-electron chi connectivity index (χ2n) is 26.2. The molecule has 3 rings (SSSR count). The molecule has 0 radical (unpaired) electrons. The van der Waals surface area contributed by atoms with E-state index in [1.807, 2.05) is 0 Å². The fourth-order valence-corrected chi connectivity index (χ4v) is 11.2. The third kappa shape index (κ3) is 38.6. The average molecular weight is 1540 g/mol. The first-order chi connectivity index (χ1) is 51.2. The Hall–Kier alpha value is -6.55. The summed E-state index contributed by atoms with van der Waals surface area (Å²) in [7, 11) is 1.46. The first-order valence-corrected chi connectivity index (χ1v) is 36.6. The van der Waals surface area contributed by atoms with Crippen LogP contribution in [0.1, 0.15) is 136 Å². The predicted octanol–water partition coefficient (Wildman–Crippen LogP) is -7.76. The van der Waals surface area contributed by atoms with Crippen molar-refractivity contribution in [1.29, 1.82) is 0 Å². The molecule has 20 N–H and O–H groups in total. The van der Waals surface area contributed by atoms with E-state index in [1.165, 1.54) is 27.8 Å². The van der Waals surface area contributed by atoms with Gasteiger partial charge in [0.15, 0.2) is 18.9 Å². The van der Waals surface area contributed by atoms with E-state index in [0.717, 1.165) is 0 Å². The van der Waals surface area contributed by atoms with Crippen molar-refractivity contribution in [2.24, 2.45) is 0 Å². The van der Waals surface area contributed by atoms with Crippen molar-refractivity contribution in [2.75, 3.05) is 126 Å². The number of carbonyl (C=O) groups is 11. The molecule has 0 saturated carbocycles. The van der Waals surface area contributed by atoms with Gasteiger partial charge in [0.1, 0.15) is 78.6 Å². The van der Waals surface area contributed by atoms with Crippen LogP contribution >= 0.6 is 0 Å². The topological polar surface area (TPSA) is 585 Å². The number of aliphatic hydroxyl groups is 9. The highest BCUT2D eigenvalue weighted by molar-refractivity contribution is 5.80. The lowest BCUT2D eigenvalue weighted by Gasteiger charge is -2.42. The highest BCUT2D eigenvalue weighted by Crippen LogP contribution is 2.26. The van der Waals surface area contributed by atoms with Crippen LogP contribution in [0.2, 0.25) is 0 Å².